The van der Waals surface area contributed by atoms with Crippen LogP contribution in [-0.4, -0.2) is 28.2 Å². The maximum Gasteiger partial charge on any atom is 0.417 e. The van der Waals surface area contributed by atoms with E-state index in [1.54, 1.807) is 10.6 Å². The molecule has 1 aliphatic carbocycles. The molecule has 0 saturated carbocycles. The molecule has 0 radical (unpaired) electrons. The van der Waals surface area contributed by atoms with Crippen LogP contribution in [0, 0.1) is 5.82 Å². The van der Waals surface area contributed by atoms with Crippen LogP contribution in [0.3, 0.4) is 0 Å². The van der Waals surface area contributed by atoms with E-state index >= 15 is 0 Å². The number of rotatable bonds is 6. The van der Waals surface area contributed by atoms with Crippen molar-refractivity contribution in [3.63, 3.8) is 0 Å². The van der Waals surface area contributed by atoms with Gasteiger partial charge in [-0.15, -0.1) is 10.2 Å². The minimum Gasteiger partial charge on any atom is -0.363 e. The van der Waals surface area contributed by atoms with E-state index in [2.05, 4.69) is 25.2 Å². The number of nitrogens with zero attached hydrogens (tertiary/aromatic N) is 4. The van der Waals surface area contributed by atoms with E-state index in [-0.39, 0.29) is 5.82 Å². The second-order valence-electron chi connectivity index (χ2n) is 9.42. The van der Waals surface area contributed by atoms with Gasteiger partial charge in [-0.3, -0.25) is 0 Å². The van der Waals surface area contributed by atoms with Crippen LogP contribution < -0.4 is 10.0 Å². The number of sulfonamides is 1. The highest BCUT2D eigenvalue weighted by atomic mass is 32.2. The third-order valence-corrected chi connectivity index (χ3v) is 8.38. The summed E-state index contributed by atoms with van der Waals surface area (Å²) in [6.45, 7) is 2.13. The Morgan fingerprint density at radius 1 is 1.11 bits per heavy atom. The number of pyridine rings is 1. The summed E-state index contributed by atoms with van der Waals surface area (Å²) < 4.78 is 86.3. The molecule has 0 amide bonds. The topological polar surface area (TPSA) is 102 Å². The van der Waals surface area contributed by atoms with E-state index in [1.165, 1.54) is 19.1 Å². The van der Waals surface area contributed by atoms with Crippen molar-refractivity contribution in [2.45, 2.75) is 75.1 Å². The Morgan fingerprint density at radius 2 is 1.92 bits per heavy atom. The molecule has 2 aliphatic rings. The number of fused-ring (bicyclic) bond motifs is 2. The maximum absolute atomic E-state index is 14.0. The molecule has 0 saturated heterocycles. The molecular weight excluding hydrogens is 512 g/mol. The lowest BCUT2D eigenvalue weighted by atomic mass is 9.87. The average molecular weight is 539 g/mol. The van der Waals surface area contributed by atoms with Crippen LogP contribution in [0.15, 0.2) is 35.4 Å². The zero-order valence-corrected chi connectivity index (χ0v) is 20.8. The van der Waals surface area contributed by atoms with E-state index in [9.17, 15) is 26.0 Å². The Labute approximate surface area is 211 Å². The molecule has 13 heteroatoms. The number of aryl methyl sites for hydroxylation is 2. The molecule has 2 aromatic heterocycles. The molecule has 37 heavy (non-hydrogen) atoms. The second kappa shape index (κ2) is 9.67. The van der Waals surface area contributed by atoms with E-state index in [1.807, 2.05) is 0 Å². The standard InChI is InChI=1S/C24H26F4N6O2S/c1-14(23-32-31-22-7-2-3-10-34(22)23)33-37(35,36)20-13-29-21(12-18(20)24(26,27)28)30-19-6-4-5-15-8-9-16(25)11-17(15)19/h8-9,11-14,19,33H,2-7,10H2,1H3,(H,29,30)/t14?,19-/m0/s1. The summed E-state index contributed by atoms with van der Waals surface area (Å²) in [5, 5.41) is 11.1. The van der Waals surface area contributed by atoms with E-state index < -0.39 is 44.6 Å². The minimum atomic E-state index is -4.96. The van der Waals surface area contributed by atoms with Gasteiger partial charge in [0.1, 0.15) is 22.4 Å². The highest BCUT2D eigenvalue weighted by Gasteiger charge is 2.39. The second-order valence-corrected chi connectivity index (χ2v) is 11.1. The van der Waals surface area contributed by atoms with Crippen LogP contribution in [0.25, 0.3) is 0 Å². The fraction of sp³-hybridized carbons (Fsp3) is 0.458. The normalized spacial score (nSPS) is 18.7. The van der Waals surface area contributed by atoms with E-state index in [0.29, 0.717) is 43.0 Å². The van der Waals surface area contributed by atoms with Crippen molar-refractivity contribution >= 4 is 15.8 Å². The van der Waals surface area contributed by atoms with E-state index in [4.69, 9.17) is 0 Å². The molecule has 2 atom stereocenters. The van der Waals surface area contributed by atoms with Gasteiger partial charge in [0.05, 0.1) is 17.6 Å². The fourth-order valence-corrected chi connectivity index (χ4v) is 6.41. The van der Waals surface area contributed by atoms with Gasteiger partial charge < -0.3 is 9.88 Å². The molecule has 0 fully saturated rings. The molecule has 3 heterocycles. The number of nitrogens with one attached hydrogen (secondary N) is 2. The van der Waals surface area contributed by atoms with Crippen molar-refractivity contribution in [3.05, 3.63) is 64.6 Å². The Kier molecular flexibility index (Phi) is 6.69. The summed E-state index contributed by atoms with van der Waals surface area (Å²) in [6.07, 6.45) is 0.357. The summed E-state index contributed by atoms with van der Waals surface area (Å²) >= 11 is 0. The first-order valence-electron chi connectivity index (χ1n) is 12.1. The zero-order chi connectivity index (χ0) is 26.4. The van der Waals surface area contributed by atoms with Gasteiger partial charge in [-0.1, -0.05) is 6.07 Å². The number of benzene rings is 1. The number of aromatic nitrogens is 4. The molecule has 198 valence electrons. The van der Waals surface area contributed by atoms with Crippen molar-refractivity contribution in [2.75, 3.05) is 5.32 Å². The van der Waals surface area contributed by atoms with Crippen LogP contribution in [0.4, 0.5) is 23.4 Å². The number of anilines is 1. The summed E-state index contributed by atoms with van der Waals surface area (Å²) in [6, 6.07) is 3.71. The Morgan fingerprint density at radius 3 is 2.70 bits per heavy atom. The van der Waals surface area contributed by atoms with Gasteiger partial charge in [-0.2, -0.15) is 13.2 Å². The largest absolute Gasteiger partial charge is 0.417 e. The van der Waals surface area contributed by atoms with Gasteiger partial charge in [0.2, 0.25) is 10.0 Å². The van der Waals surface area contributed by atoms with Gasteiger partial charge in [0.15, 0.2) is 5.82 Å². The molecular formula is C24H26F4N6O2S. The predicted molar refractivity (Wildman–Crippen MR) is 127 cm³/mol. The lowest BCUT2D eigenvalue weighted by molar-refractivity contribution is -0.139. The summed E-state index contributed by atoms with van der Waals surface area (Å²) in [4.78, 5) is 3.01. The zero-order valence-electron chi connectivity index (χ0n) is 20.0. The first-order chi connectivity index (χ1) is 17.5. The van der Waals surface area contributed by atoms with Crippen LogP contribution in [0.1, 0.15) is 73.0 Å². The highest BCUT2D eigenvalue weighted by Crippen LogP contribution is 2.38. The first-order valence-corrected chi connectivity index (χ1v) is 13.6. The van der Waals surface area contributed by atoms with Crippen LogP contribution in [0.5, 0.6) is 0 Å². The van der Waals surface area contributed by atoms with Crippen molar-refractivity contribution < 1.29 is 26.0 Å². The van der Waals surface area contributed by atoms with Gasteiger partial charge in [-0.05, 0) is 68.4 Å². The molecule has 0 spiro atoms. The van der Waals surface area contributed by atoms with Crippen molar-refractivity contribution in [3.8, 4) is 0 Å². The number of hydrogen-bond acceptors (Lipinski definition) is 6. The summed E-state index contributed by atoms with van der Waals surface area (Å²) in [5.74, 6) is 0.491. The summed E-state index contributed by atoms with van der Waals surface area (Å²) in [7, 11) is -4.62. The Hall–Kier alpha value is -3.06. The molecule has 3 aromatic rings. The molecule has 1 aromatic carbocycles. The van der Waals surface area contributed by atoms with Crippen molar-refractivity contribution in [1.82, 2.24) is 24.5 Å². The quantitative estimate of drug-likeness (QED) is 0.442. The summed E-state index contributed by atoms with van der Waals surface area (Å²) in [5.41, 5.74) is 0.225. The van der Waals surface area contributed by atoms with Crippen molar-refractivity contribution in [1.29, 1.82) is 0 Å². The van der Waals surface area contributed by atoms with Gasteiger partial charge in [-0.25, -0.2) is 22.5 Å². The van der Waals surface area contributed by atoms with Gasteiger partial charge in [0.25, 0.3) is 0 Å². The maximum atomic E-state index is 14.0. The first kappa shape index (κ1) is 25.6. The SMILES string of the molecule is CC(NS(=O)(=O)c1cnc(N[C@H]2CCCc3ccc(F)cc32)cc1C(F)(F)F)c1nnc2n1CCCC2. The molecule has 0 bridgehead atoms. The molecule has 1 aliphatic heterocycles. The minimum absolute atomic E-state index is 0.145. The van der Waals surface area contributed by atoms with Crippen LogP contribution in [0.2, 0.25) is 0 Å². The fourth-order valence-electron chi connectivity index (χ4n) is 5.06. The average Bonchev–Trinajstić information content (AvgIpc) is 3.28. The Balaban J connectivity index is 1.43. The monoisotopic (exact) mass is 538 g/mol. The molecule has 8 nitrogen and oxygen atoms in total. The number of hydrogen-bond donors (Lipinski definition) is 2. The molecule has 1 unspecified atom stereocenters. The van der Waals surface area contributed by atoms with Gasteiger partial charge in [0, 0.05) is 19.2 Å². The lowest BCUT2D eigenvalue weighted by Crippen LogP contribution is -2.31. The third kappa shape index (κ3) is 5.19. The van der Waals surface area contributed by atoms with Crippen LogP contribution >= 0.6 is 0 Å². The number of halogens is 4. The molecule has 2 N–H and O–H groups in total. The predicted octanol–water partition coefficient (Wildman–Crippen LogP) is 4.70. The smallest absolute Gasteiger partial charge is 0.363 e. The highest BCUT2D eigenvalue weighted by molar-refractivity contribution is 7.89. The van der Waals surface area contributed by atoms with Crippen LogP contribution in [-0.2, 0) is 35.6 Å². The lowest BCUT2D eigenvalue weighted by Gasteiger charge is -2.27. The molecule has 5 rings (SSSR count). The van der Waals surface area contributed by atoms with Crippen molar-refractivity contribution in [2.24, 2.45) is 0 Å². The number of alkyl halides is 3. The third-order valence-electron chi connectivity index (χ3n) is 6.81. The Bertz CT molecular complexity index is 1420. The van der Waals surface area contributed by atoms with Gasteiger partial charge >= 0.3 is 6.18 Å². The van der Waals surface area contributed by atoms with E-state index in [0.717, 1.165) is 37.1 Å².